The Labute approximate surface area is 150 Å². The third-order valence-corrected chi connectivity index (χ3v) is 0. The molecule has 0 aromatic rings. The van der Waals surface area contributed by atoms with Gasteiger partial charge in [0.1, 0.15) is 0 Å². The van der Waals surface area contributed by atoms with Gasteiger partial charge in [0.25, 0.3) is 0 Å². The topological polar surface area (TPSA) is 0 Å². The molecule has 148 valence electrons. The fourth-order valence-electron chi connectivity index (χ4n) is 0. The fraction of sp³-hybridized carbons (Fsp3) is 0.818. The summed E-state index contributed by atoms with van der Waals surface area (Å²) in [5, 5.41) is 0. The summed E-state index contributed by atoms with van der Waals surface area (Å²) in [5.74, 6) is 0. The van der Waals surface area contributed by atoms with Crippen molar-refractivity contribution < 1.29 is 0 Å². The van der Waals surface area contributed by atoms with E-state index in [0.29, 0.717) is 0 Å². The van der Waals surface area contributed by atoms with Gasteiger partial charge in [-0.15, -0.1) is 26.3 Å². The summed E-state index contributed by atoms with van der Waals surface area (Å²) < 4.78 is 0. The maximum atomic E-state index is 3.00. The Hall–Kier alpha value is -0.520. The summed E-state index contributed by atoms with van der Waals surface area (Å²) >= 11 is 0. The van der Waals surface area contributed by atoms with Crippen LogP contribution >= 0.6 is 0 Å². The Bertz CT molecular complexity index is 12.0. The van der Waals surface area contributed by atoms with Crippen molar-refractivity contribution in [2.45, 2.75) is 124 Å². The Morgan fingerprint density at radius 3 is 0.318 bits per heavy atom. The summed E-state index contributed by atoms with van der Waals surface area (Å²) in [5.41, 5.74) is 0. The average molecular weight is 325 g/mol. The molecule has 0 nitrogen and oxygen atoms in total. The smallest absolute Gasteiger partial charge is 0.0590 e. The Balaban J connectivity index is -0.00000000916. The summed E-state index contributed by atoms with van der Waals surface area (Å²) in [6.07, 6.45) is 2.50. The van der Waals surface area contributed by atoms with E-state index in [1.807, 2.05) is 83.1 Å². The van der Waals surface area contributed by atoms with Crippen LogP contribution < -0.4 is 0 Å². The number of rotatable bonds is 0. The standard InChI is InChI=1S/2C3H8.6C2H6.2C2H4/c2*1-3-2;8*1-2/h2*3H2,1-2H3;6*1-2H3;2*1-2H2. The van der Waals surface area contributed by atoms with Gasteiger partial charge in [-0.2, -0.15) is 0 Å². The maximum Gasteiger partial charge on any atom is -0.0590 e. The van der Waals surface area contributed by atoms with Crippen molar-refractivity contribution in [3.63, 3.8) is 0 Å². The minimum absolute atomic E-state index is 1.25. The van der Waals surface area contributed by atoms with Gasteiger partial charge < -0.3 is 0 Å². The number of hydrogen-bond acceptors (Lipinski definition) is 0. The molecule has 0 heterocycles. The number of hydrogen-bond donors (Lipinski definition) is 0. The van der Waals surface area contributed by atoms with Crippen molar-refractivity contribution in [1.82, 2.24) is 0 Å². The zero-order chi connectivity index (χ0) is 21.4. The highest BCUT2D eigenvalue weighted by molar-refractivity contribution is 4.22. The third kappa shape index (κ3) is 24600. The van der Waals surface area contributed by atoms with Crippen molar-refractivity contribution in [3.05, 3.63) is 26.3 Å². The highest BCUT2D eigenvalue weighted by Crippen LogP contribution is 1.56. The second-order valence-corrected chi connectivity index (χ2v) is 1.41. The molecule has 0 heteroatoms. The first kappa shape index (κ1) is 68.4. The lowest BCUT2D eigenvalue weighted by Crippen LogP contribution is -1.27. The van der Waals surface area contributed by atoms with Crippen LogP contribution in [-0.2, 0) is 0 Å². The average Bonchev–Trinajstić information content (AvgIpc) is 2.69. The first-order valence-corrected chi connectivity index (χ1v) is 9.83. The first-order valence-electron chi connectivity index (χ1n) is 9.83. The molecule has 0 saturated heterocycles. The van der Waals surface area contributed by atoms with E-state index in [0.717, 1.165) is 0 Å². The van der Waals surface area contributed by atoms with E-state index in [1.165, 1.54) is 12.8 Å². The SMILES string of the molecule is C=C.C=C.CC.CC.CC.CC.CC.CC.CCC.CCC. The Kier molecular flexibility index (Phi) is 11000. The third-order valence-electron chi connectivity index (χ3n) is 0. The van der Waals surface area contributed by atoms with Crippen molar-refractivity contribution >= 4 is 0 Å². The molecule has 0 bridgehead atoms. The van der Waals surface area contributed by atoms with E-state index in [-0.39, 0.29) is 0 Å². The van der Waals surface area contributed by atoms with Gasteiger partial charge in [0.05, 0.1) is 0 Å². The highest BCUT2D eigenvalue weighted by Gasteiger charge is 1.36. The van der Waals surface area contributed by atoms with Crippen LogP contribution in [0.3, 0.4) is 0 Å². The summed E-state index contributed by atoms with van der Waals surface area (Å²) in [6.45, 7) is 44.5. The quantitative estimate of drug-likeness (QED) is 0.388. The predicted molar refractivity (Wildman–Crippen MR) is 123 cm³/mol. The van der Waals surface area contributed by atoms with Crippen LogP contribution in [0, 0.1) is 0 Å². The van der Waals surface area contributed by atoms with Crippen molar-refractivity contribution in [1.29, 1.82) is 0 Å². The molecule has 0 spiro atoms. The maximum absolute atomic E-state index is 3.00. The van der Waals surface area contributed by atoms with E-state index < -0.39 is 0 Å². The first-order chi connectivity index (χ1) is 10.8. The molecule has 22 heavy (non-hydrogen) atoms. The monoisotopic (exact) mass is 324 g/mol. The van der Waals surface area contributed by atoms with E-state index in [9.17, 15) is 0 Å². The Morgan fingerprint density at radius 2 is 0.318 bits per heavy atom. The summed E-state index contributed by atoms with van der Waals surface area (Å²) in [6, 6.07) is 0. The second kappa shape index (κ2) is 3550. The molecular weight excluding hydrogens is 264 g/mol. The van der Waals surface area contributed by atoms with Gasteiger partial charge in [0.15, 0.2) is 0 Å². The molecule has 0 radical (unpaired) electrons. The van der Waals surface area contributed by atoms with Gasteiger partial charge in [0.2, 0.25) is 0 Å². The molecule has 0 fully saturated rings. The van der Waals surface area contributed by atoms with Crippen LogP contribution in [0.1, 0.15) is 124 Å². The van der Waals surface area contributed by atoms with Gasteiger partial charge in [0, 0.05) is 0 Å². The van der Waals surface area contributed by atoms with Gasteiger partial charge >= 0.3 is 0 Å². The largest absolute Gasteiger partial charge is 0.106 e. The normalized spacial score (nSPS) is 3.64. The fourth-order valence-corrected chi connectivity index (χ4v) is 0. The van der Waals surface area contributed by atoms with Crippen molar-refractivity contribution in [2.75, 3.05) is 0 Å². The van der Waals surface area contributed by atoms with Gasteiger partial charge in [-0.1, -0.05) is 124 Å². The lowest BCUT2D eigenvalue weighted by atomic mass is 10.6. The summed E-state index contributed by atoms with van der Waals surface area (Å²) in [4.78, 5) is 0. The van der Waals surface area contributed by atoms with Crippen LogP contribution in [0.25, 0.3) is 0 Å². The molecule has 0 atom stereocenters. The molecule has 0 rings (SSSR count). The Morgan fingerprint density at radius 1 is 0.318 bits per heavy atom. The zero-order valence-electron chi connectivity index (χ0n) is 20.2. The van der Waals surface area contributed by atoms with Crippen LogP contribution in [0.5, 0.6) is 0 Å². The molecule has 0 N–H and O–H groups in total. The molecule has 0 amide bonds. The lowest BCUT2D eigenvalue weighted by molar-refractivity contribution is 1.09. The lowest BCUT2D eigenvalue weighted by Gasteiger charge is -1.48. The van der Waals surface area contributed by atoms with E-state index in [2.05, 4.69) is 54.0 Å². The van der Waals surface area contributed by atoms with E-state index in [4.69, 9.17) is 0 Å². The van der Waals surface area contributed by atoms with Gasteiger partial charge in [-0.05, 0) is 0 Å². The van der Waals surface area contributed by atoms with Gasteiger partial charge in [-0.25, -0.2) is 0 Å². The molecule has 0 unspecified atom stereocenters. The molecular formula is C22H60. The minimum Gasteiger partial charge on any atom is -0.106 e. The molecule has 0 aromatic carbocycles. The van der Waals surface area contributed by atoms with E-state index >= 15 is 0 Å². The summed E-state index contributed by atoms with van der Waals surface area (Å²) in [7, 11) is 0. The van der Waals surface area contributed by atoms with Crippen LogP contribution in [0.2, 0.25) is 0 Å². The van der Waals surface area contributed by atoms with Crippen molar-refractivity contribution in [3.8, 4) is 0 Å². The molecule has 0 aliphatic rings. The predicted octanol–water partition coefficient (Wildman–Crippen LogP) is 10.6. The van der Waals surface area contributed by atoms with Crippen LogP contribution in [-0.4, -0.2) is 0 Å². The highest BCUT2D eigenvalue weighted by atomic mass is 13.4. The molecule has 0 aliphatic heterocycles. The van der Waals surface area contributed by atoms with Crippen LogP contribution in [0.4, 0.5) is 0 Å². The molecule has 0 aromatic heterocycles. The minimum atomic E-state index is 1.25. The molecule has 0 aliphatic carbocycles. The molecule has 0 saturated carbocycles. The second-order valence-electron chi connectivity index (χ2n) is 1.41. The van der Waals surface area contributed by atoms with Crippen LogP contribution in [0.15, 0.2) is 26.3 Å². The van der Waals surface area contributed by atoms with E-state index in [1.54, 1.807) is 0 Å². The van der Waals surface area contributed by atoms with Gasteiger partial charge in [-0.3, -0.25) is 0 Å². The zero-order valence-corrected chi connectivity index (χ0v) is 20.2. The van der Waals surface area contributed by atoms with Crippen molar-refractivity contribution in [2.24, 2.45) is 0 Å².